The van der Waals surface area contributed by atoms with E-state index in [1.165, 1.54) is 5.69 Å². The van der Waals surface area contributed by atoms with Gasteiger partial charge in [0.2, 0.25) is 0 Å². The van der Waals surface area contributed by atoms with Gasteiger partial charge in [-0.15, -0.1) is 6.89 Å². The van der Waals surface area contributed by atoms with E-state index >= 15 is 0 Å². The molecule has 0 bridgehead atoms. The summed E-state index contributed by atoms with van der Waals surface area (Å²) < 4.78 is 0. The largest absolute Gasteiger partial charge is 0.354 e. The Hall–Kier alpha value is -0.463. The number of anilines is 1. The highest BCUT2D eigenvalue weighted by atomic mass is 31.2. The SMILES string of the molecule is CC1(C)N(c2ccccc2)[C]C(=P(C)(C)C)[Si]1(C)C. The van der Waals surface area contributed by atoms with Crippen molar-refractivity contribution < 1.29 is 0 Å². The minimum atomic E-state index is -1.50. The Bertz CT molecular complexity index is 517. The smallest absolute Gasteiger partial charge is 0.118 e. The van der Waals surface area contributed by atoms with E-state index in [-0.39, 0.29) is 5.16 Å². The van der Waals surface area contributed by atoms with Crippen LogP contribution in [-0.2, 0) is 0 Å². The molecular formula is C16H26NPSi. The van der Waals surface area contributed by atoms with Crippen molar-refractivity contribution in [3.05, 3.63) is 36.9 Å². The van der Waals surface area contributed by atoms with Gasteiger partial charge in [-0.2, -0.15) is 0 Å². The fourth-order valence-corrected chi connectivity index (χ4v) is 12.6. The molecule has 0 saturated carbocycles. The van der Waals surface area contributed by atoms with Crippen LogP contribution >= 0.6 is 6.89 Å². The predicted molar refractivity (Wildman–Crippen MR) is 93.4 cm³/mol. The number of para-hydroxylation sites is 1. The summed E-state index contributed by atoms with van der Waals surface area (Å²) in [6.45, 7) is 19.9. The molecular weight excluding hydrogens is 265 g/mol. The molecule has 104 valence electrons. The molecule has 1 heterocycles. The average molecular weight is 291 g/mol. The van der Waals surface area contributed by atoms with E-state index in [0.717, 1.165) is 0 Å². The fraction of sp³-hybridized carbons (Fsp3) is 0.500. The first-order chi connectivity index (χ1) is 8.58. The zero-order valence-electron chi connectivity index (χ0n) is 13.3. The van der Waals surface area contributed by atoms with Gasteiger partial charge in [0.05, 0.1) is 0 Å². The zero-order chi connectivity index (χ0) is 14.5. The van der Waals surface area contributed by atoms with Gasteiger partial charge in [0, 0.05) is 10.8 Å². The van der Waals surface area contributed by atoms with Crippen molar-refractivity contribution in [2.24, 2.45) is 0 Å². The van der Waals surface area contributed by atoms with Crippen molar-refractivity contribution in [2.75, 3.05) is 24.9 Å². The van der Waals surface area contributed by atoms with Crippen molar-refractivity contribution in [1.82, 2.24) is 0 Å². The van der Waals surface area contributed by atoms with Crippen molar-refractivity contribution >= 4 is 25.6 Å². The summed E-state index contributed by atoms with van der Waals surface area (Å²) in [6, 6.07) is 10.7. The summed E-state index contributed by atoms with van der Waals surface area (Å²) in [5.74, 6) is 0. The predicted octanol–water partition coefficient (Wildman–Crippen LogP) is 4.19. The summed E-state index contributed by atoms with van der Waals surface area (Å²) in [5.41, 5.74) is 1.27. The number of nitrogens with zero attached hydrogens (tertiary/aromatic N) is 1. The molecule has 0 atom stereocenters. The quantitative estimate of drug-likeness (QED) is 0.554. The van der Waals surface area contributed by atoms with Crippen LogP contribution in [-0.4, -0.2) is 38.1 Å². The molecule has 3 heteroatoms. The molecule has 2 radical (unpaired) electrons. The maximum absolute atomic E-state index is 3.79. The maximum Gasteiger partial charge on any atom is 0.118 e. The third kappa shape index (κ3) is 2.34. The molecule has 0 amide bonds. The lowest BCUT2D eigenvalue weighted by Gasteiger charge is -2.41. The number of hydrogen-bond acceptors (Lipinski definition) is 1. The van der Waals surface area contributed by atoms with Gasteiger partial charge in [0.15, 0.2) is 0 Å². The third-order valence-corrected chi connectivity index (χ3v) is 14.3. The fourth-order valence-electron chi connectivity index (χ4n) is 2.91. The molecule has 1 fully saturated rings. The van der Waals surface area contributed by atoms with Crippen LogP contribution in [0.25, 0.3) is 0 Å². The minimum Gasteiger partial charge on any atom is -0.354 e. The summed E-state index contributed by atoms with van der Waals surface area (Å²) in [5, 5.41) is 0.191. The highest BCUT2D eigenvalue weighted by Crippen LogP contribution is 2.49. The van der Waals surface area contributed by atoms with E-state index in [4.69, 9.17) is 0 Å². The van der Waals surface area contributed by atoms with Crippen LogP contribution < -0.4 is 4.90 Å². The van der Waals surface area contributed by atoms with Gasteiger partial charge in [0.25, 0.3) is 0 Å². The van der Waals surface area contributed by atoms with Gasteiger partial charge >= 0.3 is 0 Å². The lowest BCUT2D eigenvalue weighted by Crippen LogP contribution is -2.56. The van der Waals surface area contributed by atoms with Crippen LogP contribution in [0.3, 0.4) is 0 Å². The van der Waals surface area contributed by atoms with Crippen LogP contribution in [0.15, 0.2) is 30.3 Å². The number of benzene rings is 1. The first-order valence-corrected chi connectivity index (χ1v) is 13.0. The van der Waals surface area contributed by atoms with Gasteiger partial charge in [-0.05, 0) is 46.0 Å². The van der Waals surface area contributed by atoms with Gasteiger partial charge in [-0.3, -0.25) is 0 Å². The molecule has 0 aromatic heterocycles. The number of hydrogen-bond donors (Lipinski definition) is 0. The monoisotopic (exact) mass is 291 g/mol. The molecule has 0 unspecified atom stereocenters. The highest BCUT2D eigenvalue weighted by molar-refractivity contribution is 7.79. The normalized spacial score (nSPS) is 21.8. The van der Waals surface area contributed by atoms with E-state index in [0.29, 0.717) is 0 Å². The molecule has 1 nitrogen and oxygen atoms in total. The topological polar surface area (TPSA) is 3.24 Å². The van der Waals surface area contributed by atoms with Crippen LogP contribution in [0.5, 0.6) is 0 Å². The van der Waals surface area contributed by atoms with E-state index in [2.05, 4.69) is 88.7 Å². The summed E-state index contributed by atoms with van der Waals surface area (Å²) in [6.07, 6.45) is 0. The Kier molecular flexibility index (Phi) is 3.56. The van der Waals surface area contributed by atoms with Gasteiger partial charge in [-0.25, -0.2) is 0 Å². The first kappa shape index (κ1) is 14.9. The van der Waals surface area contributed by atoms with Crippen molar-refractivity contribution in [3.63, 3.8) is 0 Å². The first-order valence-electron chi connectivity index (χ1n) is 6.90. The molecule has 0 N–H and O–H groups in total. The Balaban J connectivity index is 2.58. The van der Waals surface area contributed by atoms with E-state index < -0.39 is 15.0 Å². The molecule has 19 heavy (non-hydrogen) atoms. The second kappa shape index (κ2) is 4.53. The molecule has 0 aliphatic carbocycles. The Morgan fingerprint density at radius 1 is 1.05 bits per heavy atom. The molecule has 1 aliphatic heterocycles. The molecule has 0 spiro atoms. The van der Waals surface area contributed by atoms with E-state index in [9.17, 15) is 0 Å². The van der Waals surface area contributed by atoms with Crippen LogP contribution in [0, 0.1) is 6.54 Å². The maximum atomic E-state index is 3.79. The second-order valence-corrected chi connectivity index (χ2v) is 17.2. The lowest BCUT2D eigenvalue weighted by molar-refractivity contribution is 0.678. The van der Waals surface area contributed by atoms with E-state index in [1.807, 2.05) is 0 Å². The number of rotatable bonds is 1. The average Bonchev–Trinajstić information content (AvgIpc) is 2.46. The van der Waals surface area contributed by atoms with E-state index in [1.54, 1.807) is 4.92 Å². The zero-order valence-corrected chi connectivity index (χ0v) is 15.2. The van der Waals surface area contributed by atoms with Gasteiger partial charge in [0.1, 0.15) is 14.6 Å². The van der Waals surface area contributed by atoms with Crippen molar-refractivity contribution in [3.8, 4) is 0 Å². The summed E-state index contributed by atoms with van der Waals surface area (Å²) in [7, 11) is -1.50. The minimum absolute atomic E-state index is 0.191. The van der Waals surface area contributed by atoms with Crippen LogP contribution in [0.4, 0.5) is 5.69 Å². The van der Waals surface area contributed by atoms with Gasteiger partial charge < -0.3 is 4.90 Å². The molecule has 1 aromatic rings. The molecule has 1 saturated heterocycles. The van der Waals surface area contributed by atoms with Crippen molar-refractivity contribution in [1.29, 1.82) is 0 Å². The Morgan fingerprint density at radius 2 is 1.58 bits per heavy atom. The van der Waals surface area contributed by atoms with Crippen LogP contribution in [0.1, 0.15) is 13.8 Å². The second-order valence-electron chi connectivity index (χ2n) is 7.33. The Morgan fingerprint density at radius 3 is 2.00 bits per heavy atom. The van der Waals surface area contributed by atoms with Crippen LogP contribution in [0.2, 0.25) is 13.1 Å². The summed E-state index contributed by atoms with van der Waals surface area (Å²) >= 11 is 0. The van der Waals surface area contributed by atoms with Crippen molar-refractivity contribution in [2.45, 2.75) is 32.1 Å². The third-order valence-electron chi connectivity index (χ3n) is 4.58. The molecule has 2 rings (SSSR count). The lowest BCUT2D eigenvalue weighted by atomic mass is 10.2. The summed E-state index contributed by atoms with van der Waals surface area (Å²) in [4.78, 5) is 4.05. The highest BCUT2D eigenvalue weighted by Gasteiger charge is 2.54. The molecule has 1 aliphatic rings. The van der Waals surface area contributed by atoms with Gasteiger partial charge in [-0.1, -0.05) is 36.2 Å². The Labute approximate surface area is 120 Å². The standard InChI is InChI=1S/C16H26NPSi/c1-16(2)17(14-11-9-8-10-12-14)13-15(18(3,4)5)19(16,6)7/h8-12H,1-7H3. The molecule has 1 aromatic carbocycles.